The van der Waals surface area contributed by atoms with E-state index in [0.717, 1.165) is 11.3 Å². The van der Waals surface area contributed by atoms with Crippen LogP contribution in [-0.2, 0) is 4.79 Å². The molecule has 5 heteroatoms. The first-order chi connectivity index (χ1) is 9.04. The Bertz CT molecular complexity index is 448. The molecule has 1 aromatic rings. The minimum Gasteiger partial charge on any atom is -0.378 e. The Morgan fingerprint density at radius 2 is 1.95 bits per heavy atom. The highest BCUT2D eigenvalue weighted by molar-refractivity contribution is 5.72. The highest BCUT2D eigenvalue weighted by Gasteiger charge is 2.09. The summed E-state index contributed by atoms with van der Waals surface area (Å²) in [6, 6.07) is 9.70. The number of benzene rings is 1. The summed E-state index contributed by atoms with van der Waals surface area (Å²) < 4.78 is 0. The third kappa shape index (κ3) is 4.98. The minimum absolute atomic E-state index is 0.0642. The van der Waals surface area contributed by atoms with Crippen LogP contribution in [0.15, 0.2) is 24.3 Å². The number of hydrogen-bond acceptors (Lipinski definition) is 4. The molecule has 0 aliphatic rings. The molecule has 0 spiro atoms. The summed E-state index contributed by atoms with van der Waals surface area (Å²) in [5.41, 5.74) is 2.02. The molecule has 2 N–H and O–H groups in total. The lowest BCUT2D eigenvalue weighted by Gasteiger charge is -2.15. The molecule has 0 fully saturated rings. The van der Waals surface area contributed by atoms with E-state index in [1.54, 1.807) is 0 Å². The van der Waals surface area contributed by atoms with Gasteiger partial charge in [0.05, 0.1) is 6.07 Å². The molecule has 0 radical (unpaired) electrons. The van der Waals surface area contributed by atoms with E-state index in [1.165, 1.54) is 6.92 Å². The SMILES string of the molecule is CC(=O)NCCNC(C#N)c1ccc(N(C)C)cc1. The molecule has 1 aromatic carbocycles. The second-order valence-electron chi connectivity index (χ2n) is 4.49. The highest BCUT2D eigenvalue weighted by Crippen LogP contribution is 2.17. The van der Waals surface area contributed by atoms with Crippen LogP contribution in [0.1, 0.15) is 18.5 Å². The molecule has 1 amide bonds. The average Bonchev–Trinajstić information content (AvgIpc) is 2.39. The van der Waals surface area contributed by atoms with Gasteiger partial charge in [-0.25, -0.2) is 0 Å². The van der Waals surface area contributed by atoms with Crippen LogP contribution < -0.4 is 15.5 Å². The van der Waals surface area contributed by atoms with E-state index >= 15 is 0 Å². The fourth-order valence-corrected chi connectivity index (χ4v) is 1.66. The lowest BCUT2D eigenvalue weighted by Crippen LogP contribution is -2.32. The van der Waals surface area contributed by atoms with E-state index in [-0.39, 0.29) is 11.9 Å². The summed E-state index contributed by atoms with van der Waals surface area (Å²) in [5, 5.41) is 14.9. The summed E-state index contributed by atoms with van der Waals surface area (Å²) in [6.07, 6.45) is 0. The lowest BCUT2D eigenvalue weighted by molar-refractivity contribution is -0.118. The molecular weight excluding hydrogens is 240 g/mol. The molecule has 1 rings (SSSR count). The molecule has 0 heterocycles. The first-order valence-electron chi connectivity index (χ1n) is 6.19. The van der Waals surface area contributed by atoms with Gasteiger partial charge in [0.15, 0.2) is 0 Å². The Morgan fingerprint density at radius 1 is 1.32 bits per heavy atom. The van der Waals surface area contributed by atoms with E-state index in [9.17, 15) is 4.79 Å². The van der Waals surface area contributed by atoms with Crippen molar-refractivity contribution in [3.8, 4) is 6.07 Å². The van der Waals surface area contributed by atoms with E-state index in [0.29, 0.717) is 13.1 Å². The monoisotopic (exact) mass is 260 g/mol. The zero-order valence-electron chi connectivity index (χ0n) is 11.6. The van der Waals surface area contributed by atoms with Gasteiger partial charge in [-0.05, 0) is 17.7 Å². The van der Waals surface area contributed by atoms with Crippen molar-refractivity contribution < 1.29 is 4.79 Å². The Balaban J connectivity index is 2.55. The average molecular weight is 260 g/mol. The molecule has 0 saturated heterocycles. The zero-order valence-corrected chi connectivity index (χ0v) is 11.6. The van der Waals surface area contributed by atoms with Crippen molar-refractivity contribution in [1.82, 2.24) is 10.6 Å². The number of rotatable bonds is 6. The van der Waals surface area contributed by atoms with Crippen LogP contribution in [0.25, 0.3) is 0 Å². The maximum atomic E-state index is 10.7. The van der Waals surface area contributed by atoms with Crippen molar-refractivity contribution >= 4 is 11.6 Å². The first-order valence-corrected chi connectivity index (χ1v) is 6.19. The number of carbonyl (C=O) groups excluding carboxylic acids is 1. The Kier molecular flexibility index (Phi) is 5.83. The smallest absolute Gasteiger partial charge is 0.216 e. The summed E-state index contributed by atoms with van der Waals surface area (Å²) in [4.78, 5) is 12.7. The fourth-order valence-electron chi connectivity index (χ4n) is 1.66. The van der Waals surface area contributed by atoms with Gasteiger partial charge < -0.3 is 10.2 Å². The second-order valence-corrected chi connectivity index (χ2v) is 4.49. The van der Waals surface area contributed by atoms with Crippen LogP contribution >= 0.6 is 0 Å². The van der Waals surface area contributed by atoms with E-state index in [4.69, 9.17) is 5.26 Å². The molecule has 102 valence electrons. The molecule has 19 heavy (non-hydrogen) atoms. The Hall–Kier alpha value is -2.06. The number of hydrogen-bond donors (Lipinski definition) is 2. The van der Waals surface area contributed by atoms with Crippen molar-refractivity contribution in [2.45, 2.75) is 13.0 Å². The molecule has 0 saturated carbocycles. The van der Waals surface area contributed by atoms with Crippen molar-refractivity contribution in [2.75, 3.05) is 32.1 Å². The lowest BCUT2D eigenvalue weighted by atomic mass is 10.1. The van der Waals surface area contributed by atoms with Gasteiger partial charge in [-0.3, -0.25) is 10.1 Å². The predicted octanol–water partition coefficient (Wildman–Crippen LogP) is 1.04. The maximum absolute atomic E-state index is 10.7. The highest BCUT2D eigenvalue weighted by atomic mass is 16.1. The standard InChI is InChI=1S/C14H20N4O/c1-11(19)16-8-9-17-14(10-15)12-4-6-13(7-5-12)18(2)3/h4-7,14,17H,8-9H2,1-3H3,(H,16,19). The van der Waals surface area contributed by atoms with Gasteiger partial charge in [-0.15, -0.1) is 0 Å². The third-order valence-corrected chi connectivity index (χ3v) is 2.72. The van der Waals surface area contributed by atoms with Gasteiger partial charge in [-0.1, -0.05) is 12.1 Å². The van der Waals surface area contributed by atoms with Crippen LogP contribution in [-0.4, -0.2) is 33.1 Å². The molecule has 1 atom stereocenters. The minimum atomic E-state index is -0.357. The summed E-state index contributed by atoms with van der Waals surface area (Å²) >= 11 is 0. The molecule has 0 bridgehead atoms. The number of anilines is 1. The van der Waals surface area contributed by atoms with Crippen LogP contribution in [0.4, 0.5) is 5.69 Å². The molecule has 0 aromatic heterocycles. The fraction of sp³-hybridized carbons (Fsp3) is 0.429. The molecular formula is C14H20N4O. The van der Waals surface area contributed by atoms with Gasteiger partial charge in [0.25, 0.3) is 0 Å². The summed E-state index contributed by atoms with van der Waals surface area (Å²) in [6.45, 7) is 2.55. The van der Waals surface area contributed by atoms with Gasteiger partial charge >= 0.3 is 0 Å². The third-order valence-electron chi connectivity index (χ3n) is 2.72. The van der Waals surface area contributed by atoms with Gasteiger partial charge in [0.1, 0.15) is 6.04 Å². The van der Waals surface area contributed by atoms with Crippen molar-refractivity contribution in [2.24, 2.45) is 0 Å². The quantitative estimate of drug-likeness (QED) is 0.750. The number of amides is 1. The van der Waals surface area contributed by atoms with Crippen LogP contribution in [0.5, 0.6) is 0 Å². The number of nitrogens with zero attached hydrogens (tertiary/aromatic N) is 2. The summed E-state index contributed by atoms with van der Waals surface area (Å²) in [7, 11) is 3.95. The molecule has 0 aliphatic carbocycles. The van der Waals surface area contributed by atoms with E-state index in [1.807, 2.05) is 43.3 Å². The summed E-state index contributed by atoms with van der Waals surface area (Å²) in [5.74, 6) is -0.0642. The van der Waals surface area contributed by atoms with Gasteiger partial charge in [0.2, 0.25) is 5.91 Å². The van der Waals surface area contributed by atoms with Crippen molar-refractivity contribution in [3.05, 3.63) is 29.8 Å². The van der Waals surface area contributed by atoms with Gasteiger partial charge in [-0.2, -0.15) is 5.26 Å². The van der Waals surface area contributed by atoms with Crippen LogP contribution in [0, 0.1) is 11.3 Å². The molecule has 1 unspecified atom stereocenters. The van der Waals surface area contributed by atoms with E-state index < -0.39 is 0 Å². The predicted molar refractivity (Wildman–Crippen MR) is 75.8 cm³/mol. The Morgan fingerprint density at radius 3 is 2.42 bits per heavy atom. The van der Waals surface area contributed by atoms with Crippen molar-refractivity contribution in [3.63, 3.8) is 0 Å². The maximum Gasteiger partial charge on any atom is 0.216 e. The number of nitrogens with one attached hydrogen (secondary N) is 2. The normalized spacial score (nSPS) is 11.5. The Labute approximate surface area is 114 Å². The number of carbonyl (C=O) groups is 1. The van der Waals surface area contributed by atoms with E-state index in [2.05, 4.69) is 16.7 Å². The van der Waals surface area contributed by atoms with Crippen LogP contribution in [0.2, 0.25) is 0 Å². The van der Waals surface area contributed by atoms with Crippen molar-refractivity contribution in [1.29, 1.82) is 5.26 Å². The van der Waals surface area contributed by atoms with Gasteiger partial charge in [0, 0.05) is 39.8 Å². The zero-order chi connectivity index (χ0) is 14.3. The first kappa shape index (κ1) is 15.0. The molecule has 5 nitrogen and oxygen atoms in total. The van der Waals surface area contributed by atoms with Crippen LogP contribution in [0.3, 0.4) is 0 Å². The number of nitriles is 1. The topological polar surface area (TPSA) is 68.2 Å². The largest absolute Gasteiger partial charge is 0.378 e. The molecule has 0 aliphatic heterocycles. The second kappa shape index (κ2) is 7.39.